The first kappa shape index (κ1) is 18.9. The van der Waals surface area contributed by atoms with E-state index in [9.17, 15) is 19.1 Å². The number of aliphatic carboxylic acids is 1. The summed E-state index contributed by atoms with van der Waals surface area (Å²) >= 11 is 0. The van der Waals surface area contributed by atoms with Crippen molar-refractivity contribution in [1.29, 1.82) is 0 Å². The number of halogens is 1. The van der Waals surface area contributed by atoms with Gasteiger partial charge in [-0.15, -0.1) is 0 Å². The lowest BCUT2D eigenvalue weighted by atomic mass is 9.88. The quantitative estimate of drug-likeness (QED) is 0.888. The molecule has 1 rings (SSSR count). The number of ether oxygens (including phenoxy) is 1. The molecular weight excluding hydrogens is 301 g/mol. The minimum atomic E-state index is -1.29. The first-order chi connectivity index (χ1) is 10.4. The number of hydrogen-bond donors (Lipinski definition) is 2. The number of amides is 1. The monoisotopic (exact) mass is 325 g/mol. The van der Waals surface area contributed by atoms with Gasteiger partial charge in [-0.1, -0.05) is 13.0 Å². The van der Waals surface area contributed by atoms with E-state index in [1.165, 1.54) is 6.07 Å². The van der Waals surface area contributed by atoms with Crippen molar-refractivity contribution in [3.05, 3.63) is 34.6 Å². The summed E-state index contributed by atoms with van der Waals surface area (Å²) in [7, 11) is 0. The number of carboxylic acid groups (broad SMARTS) is 1. The van der Waals surface area contributed by atoms with Gasteiger partial charge < -0.3 is 15.2 Å². The van der Waals surface area contributed by atoms with Crippen molar-refractivity contribution >= 4 is 12.1 Å². The molecule has 0 aliphatic heterocycles. The summed E-state index contributed by atoms with van der Waals surface area (Å²) in [5.41, 5.74) is 1.07. The molecule has 5 nitrogen and oxygen atoms in total. The Morgan fingerprint density at radius 3 is 2.30 bits per heavy atom. The summed E-state index contributed by atoms with van der Waals surface area (Å²) in [6.07, 6.45) is -0.845. The highest BCUT2D eigenvalue weighted by atomic mass is 19.1. The van der Waals surface area contributed by atoms with Gasteiger partial charge in [0.15, 0.2) is 0 Å². The van der Waals surface area contributed by atoms with Gasteiger partial charge in [-0.3, -0.25) is 0 Å². The number of aryl methyl sites for hydroxylation is 1. The summed E-state index contributed by atoms with van der Waals surface area (Å²) in [5.74, 6) is -2.48. The van der Waals surface area contributed by atoms with Crippen LogP contribution in [0, 0.1) is 19.7 Å². The zero-order valence-corrected chi connectivity index (χ0v) is 14.4. The van der Waals surface area contributed by atoms with Gasteiger partial charge in [-0.2, -0.15) is 0 Å². The number of carbonyl (C=O) groups excluding carboxylic acids is 1. The Kier molecular flexibility index (Phi) is 5.75. The van der Waals surface area contributed by atoms with Gasteiger partial charge in [0, 0.05) is 5.92 Å². The largest absolute Gasteiger partial charge is 0.480 e. The smallest absolute Gasteiger partial charge is 0.408 e. The highest BCUT2D eigenvalue weighted by Crippen LogP contribution is 2.28. The molecular formula is C17H24FNO4. The molecule has 0 aromatic heterocycles. The van der Waals surface area contributed by atoms with Crippen molar-refractivity contribution in [1.82, 2.24) is 5.32 Å². The molecule has 0 radical (unpaired) electrons. The predicted octanol–water partition coefficient (Wildman–Crippen LogP) is 3.52. The summed E-state index contributed by atoms with van der Waals surface area (Å²) in [4.78, 5) is 23.4. The Morgan fingerprint density at radius 1 is 1.26 bits per heavy atom. The Hall–Kier alpha value is -2.11. The van der Waals surface area contributed by atoms with Gasteiger partial charge in [-0.05, 0) is 57.4 Å². The summed E-state index contributed by atoms with van der Waals surface area (Å²) < 4.78 is 19.3. The minimum absolute atomic E-state index is 0.286. The second-order valence-electron chi connectivity index (χ2n) is 6.65. The number of carbonyl (C=O) groups is 2. The molecule has 1 aromatic rings. The zero-order valence-electron chi connectivity index (χ0n) is 14.4. The second-order valence-corrected chi connectivity index (χ2v) is 6.65. The van der Waals surface area contributed by atoms with Crippen LogP contribution in [0.25, 0.3) is 0 Å². The molecule has 0 bridgehead atoms. The Balaban J connectivity index is 3.10. The van der Waals surface area contributed by atoms with Crippen molar-refractivity contribution in [3.63, 3.8) is 0 Å². The van der Waals surface area contributed by atoms with Gasteiger partial charge >= 0.3 is 12.1 Å². The lowest BCUT2D eigenvalue weighted by molar-refractivity contribution is -0.140. The van der Waals surface area contributed by atoms with E-state index in [1.807, 2.05) is 6.92 Å². The average Bonchev–Trinajstić information content (AvgIpc) is 2.38. The van der Waals surface area contributed by atoms with Crippen LogP contribution in [0.2, 0.25) is 0 Å². The lowest BCUT2D eigenvalue weighted by Crippen LogP contribution is -2.46. The first-order valence-electron chi connectivity index (χ1n) is 7.42. The van der Waals surface area contributed by atoms with Gasteiger partial charge in [0.25, 0.3) is 0 Å². The van der Waals surface area contributed by atoms with Crippen LogP contribution in [0.4, 0.5) is 9.18 Å². The molecule has 128 valence electrons. The lowest BCUT2D eigenvalue weighted by Gasteiger charge is -2.26. The molecule has 1 amide bonds. The molecule has 0 heterocycles. The van der Waals surface area contributed by atoms with Crippen molar-refractivity contribution < 1.29 is 23.8 Å². The average molecular weight is 325 g/mol. The van der Waals surface area contributed by atoms with E-state index < -0.39 is 35.4 Å². The topological polar surface area (TPSA) is 75.6 Å². The molecule has 6 heteroatoms. The van der Waals surface area contributed by atoms with Crippen LogP contribution < -0.4 is 5.32 Å². The van der Waals surface area contributed by atoms with E-state index in [-0.39, 0.29) is 5.56 Å². The third kappa shape index (κ3) is 4.94. The number of alkyl carbamates (subject to hydrolysis) is 1. The van der Waals surface area contributed by atoms with E-state index in [4.69, 9.17) is 4.74 Å². The van der Waals surface area contributed by atoms with Gasteiger partial charge in [0.1, 0.15) is 17.5 Å². The number of benzene rings is 1. The van der Waals surface area contributed by atoms with E-state index in [1.54, 1.807) is 40.7 Å². The SMILES string of the molecule is Cc1ccc(F)c([C@@H](C)[C@H](NC(=O)OC(C)(C)C)C(=O)O)c1C. The number of carboxylic acids is 1. The fourth-order valence-corrected chi connectivity index (χ4v) is 2.37. The van der Waals surface area contributed by atoms with Crippen LogP contribution in [0.1, 0.15) is 50.3 Å². The Bertz CT molecular complexity index is 607. The van der Waals surface area contributed by atoms with Crippen molar-refractivity contribution in [2.24, 2.45) is 0 Å². The molecule has 0 fully saturated rings. The maximum absolute atomic E-state index is 14.2. The number of nitrogens with one attached hydrogen (secondary N) is 1. The maximum Gasteiger partial charge on any atom is 0.408 e. The third-order valence-corrected chi connectivity index (χ3v) is 3.63. The molecule has 0 saturated heterocycles. The van der Waals surface area contributed by atoms with Crippen LogP contribution in [0.5, 0.6) is 0 Å². The van der Waals surface area contributed by atoms with Crippen molar-refractivity contribution in [3.8, 4) is 0 Å². The summed E-state index contributed by atoms with van der Waals surface area (Å²) in [5, 5.41) is 11.7. The zero-order chi connectivity index (χ0) is 17.9. The molecule has 2 N–H and O–H groups in total. The second kappa shape index (κ2) is 6.98. The van der Waals surface area contributed by atoms with Crippen LogP contribution in [-0.4, -0.2) is 28.8 Å². The van der Waals surface area contributed by atoms with Crippen molar-refractivity contribution in [2.75, 3.05) is 0 Å². The van der Waals surface area contributed by atoms with Crippen LogP contribution in [0.3, 0.4) is 0 Å². The third-order valence-electron chi connectivity index (χ3n) is 3.63. The molecule has 0 unspecified atom stereocenters. The van der Waals surface area contributed by atoms with Crippen LogP contribution in [-0.2, 0) is 9.53 Å². The van der Waals surface area contributed by atoms with E-state index >= 15 is 0 Å². The molecule has 23 heavy (non-hydrogen) atoms. The van der Waals surface area contributed by atoms with E-state index in [2.05, 4.69) is 5.32 Å². The summed E-state index contributed by atoms with van der Waals surface area (Å²) in [6.45, 7) is 10.2. The molecule has 0 aliphatic carbocycles. The van der Waals surface area contributed by atoms with Gasteiger partial charge in [0.2, 0.25) is 0 Å². The molecule has 0 saturated carbocycles. The highest BCUT2D eigenvalue weighted by molar-refractivity contribution is 5.81. The maximum atomic E-state index is 14.2. The minimum Gasteiger partial charge on any atom is -0.480 e. The van der Waals surface area contributed by atoms with E-state index in [0.717, 1.165) is 5.56 Å². The van der Waals surface area contributed by atoms with Crippen LogP contribution >= 0.6 is 0 Å². The molecule has 1 aromatic carbocycles. The number of hydrogen-bond acceptors (Lipinski definition) is 3. The predicted molar refractivity (Wildman–Crippen MR) is 85.1 cm³/mol. The van der Waals surface area contributed by atoms with Crippen LogP contribution in [0.15, 0.2) is 12.1 Å². The van der Waals surface area contributed by atoms with Gasteiger partial charge in [-0.25, -0.2) is 14.0 Å². The Morgan fingerprint density at radius 2 is 1.83 bits per heavy atom. The first-order valence-corrected chi connectivity index (χ1v) is 7.42. The molecule has 0 aliphatic rings. The number of rotatable bonds is 4. The fourth-order valence-electron chi connectivity index (χ4n) is 2.37. The fraction of sp³-hybridized carbons (Fsp3) is 0.529. The van der Waals surface area contributed by atoms with Gasteiger partial charge in [0.05, 0.1) is 0 Å². The van der Waals surface area contributed by atoms with Crippen molar-refractivity contribution in [2.45, 2.75) is 59.1 Å². The Labute approximate surface area is 135 Å². The summed E-state index contributed by atoms with van der Waals surface area (Å²) in [6, 6.07) is 1.65. The molecule has 0 spiro atoms. The van der Waals surface area contributed by atoms with E-state index in [0.29, 0.717) is 5.56 Å². The highest BCUT2D eigenvalue weighted by Gasteiger charge is 2.32. The normalized spacial score (nSPS) is 14.0. The molecule has 2 atom stereocenters. The standard InChI is InChI=1S/C17H24FNO4/c1-9-7-8-12(18)13(10(9)2)11(3)14(15(20)21)19-16(22)23-17(4,5)6/h7-8,11,14H,1-6H3,(H,19,22)(H,20,21)/t11-,14+/m1/s1.